The number of nitrogens with one attached hydrogen (secondary N) is 1. The largest absolute Gasteiger partial charge is 0.454 e. The molecule has 7 nitrogen and oxygen atoms in total. The van der Waals surface area contributed by atoms with Crippen LogP contribution in [0.15, 0.2) is 36.4 Å². The molecule has 2 amide bonds. The molecule has 2 aromatic rings. The molecule has 3 aliphatic rings. The number of halogens is 2. The lowest BCUT2D eigenvalue weighted by Crippen LogP contribution is -2.57. The van der Waals surface area contributed by atoms with Gasteiger partial charge in [0.05, 0.1) is 16.6 Å². The van der Waals surface area contributed by atoms with Gasteiger partial charge in [-0.15, -0.1) is 0 Å². The fourth-order valence-electron chi connectivity index (χ4n) is 5.33. The second-order valence-corrected chi connectivity index (χ2v) is 10.2. The summed E-state index contributed by atoms with van der Waals surface area (Å²) in [7, 11) is 0. The number of amides is 2. The minimum absolute atomic E-state index is 0.0510. The Morgan fingerprint density at radius 1 is 0.971 bits per heavy atom. The fraction of sp³-hybridized carbons (Fsp3) is 0.462. The second-order valence-electron chi connectivity index (χ2n) is 9.35. The molecule has 186 valence electrons. The standard InChI is InChI=1S/C26H29Cl2N3O4/c27-19-6-7-20(21(28)14-19)26(33)31-11-9-30(10-12-31)24(18-3-1-2-4-18)25(32)29-15-17-5-8-22-23(13-17)35-16-34-22/h5-8,13-14,18,24H,1-4,9-12,15-16H2,(H,29,32). The summed E-state index contributed by atoms with van der Waals surface area (Å²) in [6.45, 7) is 3.07. The van der Waals surface area contributed by atoms with Crippen LogP contribution in [0.3, 0.4) is 0 Å². The van der Waals surface area contributed by atoms with E-state index >= 15 is 0 Å². The van der Waals surface area contributed by atoms with Crippen molar-refractivity contribution in [2.45, 2.75) is 38.3 Å². The molecule has 1 unspecified atom stereocenters. The molecular weight excluding hydrogens is 489 g/mol. The van der Waals surface area contributed by atoms with Crippen molar-refractivity contribution in [2.75, 3.05) is 33.0 Å². The predicted molar refractivity (Wildman–Crippen MR) is 134 cm³/mol. The summed E-state index contributed by atoms with van der Waals surface area (Å²) in [4.78, 5) is 30.5. The average molecular weight is 518 g/mol. The molecule has 1 saturated heterocycles. The minimum atomic E-state index is -0.192. The molecule has 0 spiro atoms. The smallest absolute Gasteiger partial charge is 0.255 e. The average Bonchev–Trinajstić information content (AvgIpc) is 3.55. The van der Waals surface area contributed by atoms with E-state index < -0.39 is 0 Å². The van der Waals surface area contributed by atoms with Gasteiger partial charge in [0, 0.05) is 37.7 Å². The molecule has 2 aromatic carbocycles. The topological polar surface area (TPSA) is 71.1 Å². The van der Waals surface area contributed by atoms with E-state index in [1.807, 2.05) is 23.1 Å². The van der Waals surface area contributed by atoms with Gasteiger partial charge in [-0.3, -0.25) is 14.5 Å². The Bertz CT molecular complexity index is 1100. The quantitative estimate of drug-likeness (QED) is 0.616. The van der Waals surface area contributed by atoms with Gasteiger partial charge >= 0.3 is 0 Å². The third kappa shape index (κ3) is 5.37. The van der Waals surface area contributed by atoms with Crippen LogP contribution in [0.4, 0.5) is 0 Å². The Morgan fingerprint density at radius 3 is 2.46 bits per heavy atom. The van der Waals surface area contributed by atoms with E-state index in [4.69, 9.17) is 32.7 Å². The van der Waals surface area contributed by atoms with E-state index in [0.29, 0.717) is 60.0 Å². The zero-order chi connectivity index (χ0) is 24.4. The number of carbonyl (C=O) groups is 2. The second kappa shape index (κ2) is 10.6. The molecule has 2 aliphatic heterocycles. The number of ether oxygens (including phenoxy) is 2. The zero-order valence-corrected chi connectivity index (χ0v) is 21.0. The highest BCUT2D eigenvalue weighted by atomic mass is 35.5. The molecule has 1 atom stereocenters. The molecule has 2 fully saturated rings. The zero-order valence-electron chi connectivity index (χ0n) is 19.5. The van der Waals surface area contributed by atoms with Gasteiger partial charge in [-0.2, -0.15) is 0 Å². The van der Waals surface area contributed by atoms with Crippen molar-refractivity contribution in [3.8, 4) is 11.5 Å². The first-order valence-corrected chi connectivity index (χ1v) is 12.9. The summed E-state index contributed by atoms with van der Waals surface area (Å²) in [6, 6.07) is 10.5. The number of nitrogens with zero attached hydrogens (tertiary/aromatic N) is 2. The van der Waals surface area contributed by atoms with Crippen LogP contribution in [0.1, 0.15) is 41.6 Å². The predicted octanol–water partition coefficient (Wildman–Crippen LogP) is 4.36. The van der Waals surface area contributed by atoms with Crippen LogP contribution in [0.2, 0.25) is 10.0 Å². The van der Waals surface area contributed by atoms with Gasteiger partial charge in [0.2, 0.25) is 12.7 Å². The van der Waals surface area contributed by atoms with Crippen LogP contribution >= 0.6 is 23.2 Å². The third-order valence-corrected chi connectivity index (χ3v) is 7.72. The summed E-state index contributed by atoms with van der Waals surface area (Å²) >= 11 is 12.2. The molecule has 0 radical (unpaired) electrons. The van der Waals surface area contributed by atoms with Crippen LogP contribution in [0.25, 0.3) is 0 Å². The fourth-order valence-corrected chi connectivity index (χ4v) is 5.82. The Kier molecular flexibility index (Phi) is 7.37. The summed E-state index contributed by atoms with van der Waals surface area (Å²) < 4.78 is 10.8. The van der Waals surface area contributed by atoms with Crippen LogP contribution in [0, 0.1) is 5.92 Å². The van der Waals surface area contributed by atoms with Crippen molar-refractivity contribution in [3.05, 3.63) is 57.6 Å². The SMILES string of the molecule is O=C(NCc1ccc2c(c1)OCO2)C(C1CCCC1)N1CCN(C(=O)c2ccc(Cl)cc2Cl)CC1. The third-order valence-electron chi connectivity index (χ3n) is 7.18. The van der Waals surface area contributed by atoms with Gasteiger partial charge < -0.3 is 19.7 Å². The van der Waals surface area contributed by atoms with Gasteiger partial charge in [0.15, 0.2) is 11.5 Å². The van der Waals surface area contributed by atoms with Gasteiger partial charge in [-0.1, -0.05) is 42.1 Å². The molecule has 2 heterocycles. The van der Waals surface area contributed by atoms with E-state index in [-0.39, 0.29) is 24.6 Å². The highest BCUT2D eigenvalue weighted by Gasteiger charge is 2.37. The molecule has 1 N–H and O–H groups in total. The number of benzene rings is 2. The highest BCUT2D eigenvalue weighted by molar-refractivity contribution is 6.36. The van der Waals surface area contributed by atoms with Crippen molar-refractivity contribution in [3.63, 3.8) is 0 Å². The number of hydrogen-bond donors (Lipinski definition) is 1. The van der Waals surface area contributed by atoms with E-state index in [1.165, 1.54) is 0 Å². The Balaban J connectivity index is 1.22. The molecule has 35 heavy (non-hydrogen) atoms. The van der Waals surface area contributed by atoms with Crippen LogP contribution < -0.4 is 14.8 Å². The van der Waals surface area contributed by atoms with Gasteiger partial charge in [-0.05, 0) is 54.7 Å². The van der Waals surface area contributed by atoms with E-state index in [1.54, 1.807) is 18.2 Å². The van der Waals surface area contributed by atoms with E-state index in [0.717, 1.165) is 37.0 Å². The maximum atomic E-state index is 13.4. The summed E-state index contributed by atoms with van der Waals surface area (Å²) in [5.41, 5.74) is 1.43. The first-order chi connectivity index (χ1) is 17.0. The number of piperazine rings is 1. The lowest BCUT2D eigenvalue weighted by molar-refractivity contribution is -0.129. The van der Waals surface area contributed by atoms with E-state index in [9.17, 15) is 9.59 Å². The Morgan fingerprint density at radius 2 is 1.71 bits per heavy atom. The Labute approximate surface area is 215 Å². The molecule has 1 saturated carbocycles. The van der Waals surface area contributed by atoms with Crippen molar-refractivity contribution in [1.29, 1.82) is 0 Å². The van der Waals surface area contributed by atoms with Crippen molar-refractivity contribution in [1.82, 2.24) is 15.1 Å². The monoisotopic (exact) mass is 517 g/mol. The first-order valence-electron chi connectivity index (χ1n) is 12.1. The molecule has 5 rings (SSSR count). The Hall–Kier alpha value is -2.48. The van der Waals surface area contributed by atoms with Gasteiger partial charge in [-0.25, -0.2) is 0 Å². The van der Waals surface area contributed by atoms with Gasteiger partial charge in [0.25, 0.3) is 5.91 Å². The lowest BCUT2D eigenvalue weighted by Gasteiger charge is -2.40. The van der Waals surface area contributed by atoms with Crippen molar-refractivity contribution in [2.24, 2.45) is 5.92 Å². The molecule has 1 aliphatic carbocycles. The van der Waals surface area contributed by atoms with Crippen molar-refractivity contribution >= 4 is 35.0 Å². The van der Waals surface area contributed by atoms with Gasteiger partial charge in [0.1, 0.15) is 0 Å². The van der Waals surface area contributed by atoms with Crippen molar-refractivity contribution < 1.29 is 19.1 Å². The maximum Gasteiger partial charge on any atom is 0.255 e. The molecular formula is C26H29Cl2N3O4. The highest BCUT2D eigenvalue weighted by Crippen LogP contribution is 2.33. The lowest BCUT2D eigenvalue weighted by atomic mass is 9.94. The van der Waals surface area contributed by atoms with E-state index in [2.05, 4.69) is 10.2 Å². The number of carbonyl (C=O) groups excluding carboxylic acids is 2. The number of hydrogen-bond acceptors (Lipinski definition) is 5. The summed E-state index contributed by atoms with van der Waals surface area (Å²) in [5.74, 6) is 1.73. The maximum absolute atomic E-state index is 13.4. The van der Waals surface area contributed by atoms with Crippen LogP contribution in [-0.2, 0) is 11.3 Å². The molecule has 0 aromatic heterocycles. The van der Waals surface area contributed by atoms with Crippen LogP contribution in [-0.4, -0.2) is 60.6 Å². The first kappa shape index (κ1) is 24.2. The molecule has 0 bridgehead atoms. The minimum Gasteiger partial charge on any atom is -0.454 e. The summed E-state index contributed by atoms with van der Waals surface area (Å²) in [5, 5.41) is 4.01. The normalized spacial score (nSPS) is 19.1. The summed E-state index contributed by atoms with van der Waals surface area (Å²) in [6.07, 6.45) is 4.43. The molecule has 9 heteroatoms. The number of fused-ring (bicyclic) bond motifs is 1. The van der Waals surface area contributed by atoms with Crippen LogP contribution in [0.5, 0.6) is 11.5 Å². The number of rotatable bonds is 6.